The fraction of sp³-hybridized carbons (Fsp3) is 0.364. The molecule has 0 spiro atoms. The zero-order chi connectivity index (χ0) is 13.8. The smallest absolute Gasteiger partial charge is 0.241 e. The second-order valence-corrected chi connectivity index (χ2v) is 5.45. The normalized spacial score (nSPS) is 13.2. The Bertz CT molecular complexity index is 512. The van der Waals surface area contributed by atoms with Gasteiger partial charge in [0.25, 0.3) is 0 Å². The monoisotopic (exact) mass is 274 g/mol. The molecule has 0 radical (unpaired) electrons. The number of benzene rings is 1. The number of nitrogens with one attached hydrogen (secondary N) is 1. The maximum Gasteiger partial charge on any atom is 0.241 e. The minimum atomic E-state index is -3.98. The minimum absolute atomic E-state index is 0.128. The first-order chi connectivity index (χ1) is 8.36. The van der Waals surface area contributed by atoms with Gasteiger partial charge in [0.1, 0.15) is 5.82 Å². The Hall–Kier alpha value is -1.47. The number of aliphatic carboxylic acids is 1. The van der Waals surface area contributed by atoms with Gasteiger partial charge < -0.3 is 9.90 Å². The number of carbonyl (C=O) groups is 1. The molecule has 1 rings (SSSR count). The predicted octanol–water partition coefficient (Wildman–Crippen LogP) is 0.0226. The van der Waals surface area contributed by atoms with E-state index in [0.29, 0.717) is 6.42 Å². The summed E-state index contributed by atoms with van der Waals surface area (Å²) < 4.78 is 38.3. The van der Waals surface area contributed by atoms with Crippen LogP contribution in [0.25, 0.3) is 0 Å². The lowest BCUT2D eigenvalue weighted by Gasteiger charge is -2.18. The molecule has 0 unspecified atom stereocenters. The molecule has 1 atom stereocenters. The SMILES string of the molecule is CCC[C@H](NS(=O)(=O)c1ccc(F)cc1)C(=O)[O-]. The number of sulfonamides is 1. The van der Waals surface area contributed by atoms with E-state index in [0.717, 1.165) is 24.3 Å². The Kier molecular flexibility index (Phi) is 4.80. The molecule has 7 heteroatoms. The highest BCUT2D eigenvalue weighted by Gasteiger charge is 2.20. The van der Waals surface area contributed by atoms with Crippen LogP contribution in [0.5, 0.6) is 0 Å². The van der Waals surface area contributed by atoms with E-state index in [1.165, 1.54) is 0 Å². The van der Waals surface area contributed by atoms with Crippen molar-refractivity contribution in [2.45, 2.75) is 30.7 Å². The highest BCUT2D eigenvalue weighted by molar-refractivity contribution is 7.89. The van der Waals surface area contributed by atoms with Crippen LogP contribution in [0.15, 0.2) is 29.2 Å². The van der Waals surface area contributed by atoms with Crippen molar-refractivity contribution in [3.05, 3.63) is 30.1 Å². The summed E-state index contributed by atoms with van der Waals surface area (Å²) in [7, 11) is -3.98. The molecular formula is C11H13FNO4S-. The summed E-state index contributed by atoms with van der Waals surface area (Å²) in [6, 6.07) is 2.82. The molecule has 0 heterocycles. The summed E-state index contributed by atoms with van der Waals surface area (Å²) in [4.78, 5) is 10.6. The summed E-state index contributed by atoms with van der Waals surface area (Å²) in [5.74, 6) is -2.05. The van der Waals surface area contributed by atoms with Gasteiger partial charge in [-0.15, -0.1) is 0 Å². The Labute approximate surface area is 105 Å². The molecule has 0 aromatic heterocycles. The second kappa shape index (κ2) is 5.92. The molecule has 0 aliphatic rings. The molecule has 5 nitrogen and oxygen atoms in total. The molecule has 0 saturated heterocycles. The highest BCUT2D eigenvalue weighted by atomic mass is 32.2. The standard InChI is InChI=1S/C11H14FNO4S/c1-2-3-10(11(14)15)13-18(16,17)9-6-4-8(12)5-7-9/h4-7,10,13H,2-3H2,1H3,(H,14,15)/p-1/t10-/m0/s1. The third kappa shape index (κ3) is 3.78. The Morgan fingerprint density at radius 3 is 2.39 bits per heavy atom. The summed E-state index contributed by atoms with van der Waals surface area (Å²) in [6.07, 6.45) is 0.618. The van der Waals surface area contributed by atoms with Crippen LogP contribution < -0.4 is 9.83 Å². The van der Waals surface area contributed by atoms with Gasteiger partial charge in [0.15, 0.2) is 0 Å². The van der Waals surface area contributed by atoms with Crippen LogP contribution in [0.3, 0.4) is 0 Å². The summed E-state index contributed by atoms with van der Waals surface area (Å²) in [6.45, 7) is 1.72. The van der Waals surface area contributed by atoms with Crippen molar-refractivity contribution in [3.8, 4) is 0 Å². The van der Waals surface area contributed by atoms with Gasteiger partial charge in [-0.2, -0.15) is 0 Å². The van der Waals surface area contributed by atoms with E-state index >= 15 is 0 Å². The van der Waals surface area contributed by atoms with E-state index in [1.807, 2.05) is 4.72 Å². The van der Waals surface area contributed by atoms with Gasteiger partial charge in [-0.25, -0.2) is 17.5 Å². The Morgan fingerprint density at radius 2 is 1.94 bits per heavy atom. The maximum absolute atomic E-state index is 12.7. The van der Waals surface area contributed by atoms with Gasteiger partial charge in [0, 0.05) is 0 Å². The average Bonchev–Trinajstić information content (AvgIpc) is 2.28. The average molecular weight is 274 g/mol. The number of carboxylic acid groups (broad SMARTS) is 1. The van der Waals surface area contributed by atoms with Crippen molar-refractivity contribution in [3.63, 3.8) is 0 Å². The van der Waals surface area contributed by atoms with Crippen LogP contribution in [0, 0.1) is 5.82 Å². The lowest BCUT2D eigenvalue weighted by atomic mass is 10.2. The van der Waals surface area contributed by atoms with Crippen LogP contribution >= 0.6 is 0 Å². The third-order valence-electron chi connectivity index (χ3n) is 2.28. The van der Waals surface area contributed by atoms with Crippen molar-refractivity contribution in [1.82, 2.24) is 4.72 Å². The number of carboxylic acids is 1. The van der Waals surface area contributed by atoms with Crippen molar-refractivity contribution >= 4 is 16.0 Å². The molecular weight excluding hydrogens is 261 g/mol. The van der Waals surface area contributed by atoms with Gasteiger partial charge >= 0.3 is 0 Å². The van der Waals surface area contributed by atoms with Gasteiger partial charge in [-0.1, -0.05) is 13.3 Å². The highest BCUT2D eigenvalue weighted by Crippen LogP contribution is 2.11. The maximum atomic E-state index is 12.7. The summed E-state index contributed by atoms with van der Waals surface area (Å²) >= 11 is 0. The first-order valence-corrected chi connectivity index (χ1v) is 6.84. The van der Waals surface area contributed by atoms with Crippen LogP contribution in [0.4, 0.5) is 4.39 Å². The Balaban J connectivity index is 2.93. The van der Waals surface area contributed by atoms with Crippen molar-refractivity contribution < 1.29 is 22.7 Å². The van der Waals surface area contributed by atoms with Crippen LogP contribution in [-0.4, -0.2) is 20.4 Å². The van der Waals surface area contributed by atoms with Crippen molar-refractivity contribution in [2.75, 3.05) is 0 Å². The molecule has 0 amide bonds. The molecule has 100 valence electrons. The van der Waals surface area contributed by atoms with E-state index in [-0.39, 0.29) is 11.3 Å². The molecule has 0 saturated carbocycles. The number of hydrogen-bond acceptors (Lipinski definition) is 4. The van der Waals surface area contributed by atoms with Gasteiger partial charge in [-0.05, 0) is 30.7 Å². The fourth-order valence-corrected chi connectivity index (χ4v) is 2.60. The molecule has 1 aromatic carbocycles. The summed E-state index contributed by atoms with van der Waals surface area (Å²) in [5, 5.41) is 10.8. The van der Waals surface area contributed by atoms with Crippen LogP contribution in [0.2, 0.25) is 0 Å². The van der Waals surface area contributed by atoms with E-state index in [1.54, 1.807) is 6.92 Å². The zero-order valence-electron chi connectivity index (χ0n) is 9.72. The minimum Gasteiger partial charge on any atom is -0.548 e. The fourth-order valence-electron chi connectivity index (χ4n) is 1.38. The summed E-state index contributed by atoms with van der Waals surface area (Å²) in [5.41, 5.74) is 0. The zero-order valence-corrected chi connectivity index (χ0v) is 10.5. The lowest BCUT2D eigenvalue weighted by molar-refractivity contribution is -0.308. The van der Waals surface area contributed by atoms with Crippen molar-refractivity contribution in [2.24, 2.45) is 0 Å². The van der Waals surface area contributed by atoms with E-state index in [2.05, 4.69) is 0 Å². The lowest BCUT2D eigenvalue weighted by Crippen LogP contribution is -2.47. The first-order valence-electron chi connectivity index (χ1n) is 5.35. The second-order valence-electron chi connectivity index (χ2n) is 3.74. The number of carbonyl (C=O) groups excluding carboxylic acids is 1. The van der Waals surface area contributed by atoms with Gasteiger partial charge in [0.2, 0.25) is 10.0 Å². The van der Waals surface area contributed by atoms with Gasteiger partial charge in [0.05, 0.1) is 16.9 Å². The molecule has 1 N–H and O–H groups in total. The van der Waals surface area contributed by atoms with Crippen LogP contribution in [-0.2, 0) is 14.8 Å². The largest absolute Gasteiger partial charge is 0.548 e. The molecule has 0 fully saturated rings. The van der Waals surface area contributed by atoms with E-state index < -0.39 is 27.9 Å². The van der Waals surface area contributed by atoms with E-state index in [4.69, 9.17) is 0 Å². The quantitative estimate of drug-likeness (QED) is 0.792. The first kappa shape index (κ1) is 14.6. The van der Waals surface area contributed by atoms with E-state index in [9.17, 15) is 22.7 Å². The Morgan fingerprint density at radius 1 is 1.39 bits per heavy atom. The molecule has 0 bridgehead atoms. The topological polar surface area (TPSA) is 86.3 Å². The van der Waals surface area contributed by atoms with Crippen LogP contribution in [0.1, 0.15) is 19.8 Å². The molecule has 1 aromatic rings. The number of halogens is 1. The molecule has 0 aliphatic carbocycles. The van der Waals surface area contributed by atoms with Gasteiger partial charge in [-0.3, -0.25) is 0 Å². The predicted molar refractivity (Wildman–Crippen MR) is 60.4 cm³/mol. The molecule has 18 heavy (non-hydrogen) atoms. The molecule has 0 aliphatic heterocycles. The number of rotatable bonds is 6. The number of hydrogen-bond donors (Lipinski definition) is 1. The van der Waals surface area contributed by atoms with Crippen molar-refractivity contribution in [1.29, 1.82) is 0 Å². The third-order valence-corrected chi connectivity index (χ3v) is 3.77.